The van der Waals surface area contributed by atoms with E-state index in [4.69, 9.17) is 33.9 Å². The van der Waals surface area contributed by atoms with Crippen molar-refractivity contribution in [3.63, 3.8) is 0 Å². The number of benzene rings is 2. The Kier molecular flexibility index (Phi) is 16.4. The van der Waals surface area contributed by atoms with E-state index in [9.17, 15) is 9.59 Å². The molecule has 9 aromatic rings. The quantitative estimate of drug-likeness (QED) is 0.0960. The number of aliphatic hydroxyl groups is 1. The van der Waals surface area contributed by atoms with Gasteiger partial charge in [0.25, 0.3) is 5.89 Å². The smallest absolute Gasteiger partial charge is 0.412 e. The summed E-state index contributed by atoms with van der Waals surface area (Å²) in [6.45, 7) is 0.0250. The molecule has 20 nitrogen and oxygen atoms in total. The van der Waals surface area contributed by atoms with E-state index in [0.717, 1.165) is 22.2 Å². The number of anilines is 2. The molecule has 0 saturated carbocycles. The first kappa shape index (κ1) is 47.1. The predicted octanol–water partition coefficient (Wildman–Crippen LogP) is 8.13. The van der Waals surface area contributed by atoms with E-state index in [-0.39, 0.29) is 26.7 Å². The number of nitrogens with two attached hydrogens (primary N) is 1. The first-order valence-electron chi connectivity index (χ1n) is 19.6. The highest BCUT2D eigenvalue weighted by molar-refractivity contribution is 5.89. The molecule has 1 aliphatic heterocycles. The SMILES string of the molecule is C.COc1ccc(CO)nc1.COc1ccc(COC(=O)Nc2ccc3oc(-c4cccnc4)nc3c2)nc1.Nc1ccc2oc(C3=CN=[C+]C=C3)nc2c1.O=C(n1ccnc1)n1ccnc1. The summed E-state index contributed by atoms with van der Waals surface area (Å²) in [6.07, 6.45) is 23.0. The maximum absolute atomic E-state index is 12.0. The number of rotatable bonds is 8. The van der Waals surface area contributed by atoms with Gasteiger partial charge in [-0.25, -0.2) is 29.5 Å². The van der Waals surface area contributed by atoms with Crippen LogP contribution in [0.1, 0.15) is 24.7 Å². The van der Waals surface area contributed by atoms with Crippen molar-refractivity contribution in [2.45, 2.75) is 20.6 Å². The Labute approximate surface area is 382 Å². The van der Waals surface area contributed by atoms with Gasteiger partial charge in [0.2, 0.25) is 5.89 Å². The molecule has 0 atom stereocenters. The molecule has 1 aliphatic rings. The summed E-state index contributed by atoms with van der Waals surface area (Å²) < 4.78 is 29.2. The van der Waals surface area contributed by atoms with E-state index >= 15 is 0 Å². The number of hydrogen-bond donors (Lipinski definition) is 3. The molecule has 0 fully saturated rings. The molecule has 0 aliphatic carbocycles. The minimum absolute atomic E-state index is 0. The van der Waals surface area contributed by atoms with Crippen LogP contribution in [0.4, 0.5) is 21.0 Å². The third-order valence-electron chi connectivity index (χ3n) is 8.85. The van der Waals surface area contributed by atoms with Crippen molar-refractivity contribution in [1.82, 2.24) is 44.0 Å². The summed E-state index contributed by atoms with van der Waals surface area (Å²) in [6, 6.07) is 21.0. The van der Waals surface area contributed by atoms with Gasteiger partial charge in [-0.2, -0.15) is 0 Å². The van der Waals surface area contributed by atoms with Crippen molar-refractivity contribution in [3.05, 3.63) is 171 Å². The van der Waals surface area contributed by atoms with Gasteiger partial charge in [0.1, 0.15) is 47.9 Å². The summed E-state index contributed by atoms with van der Waals surface area (Å²) in [5, 5.41) is 11.3. The third kappa shape index (κ3) is 13.1. The van der Waals surface area contributed by atoms with Crippen molar-refractivity contribution in [1.29, 1.82) is 0 Å². The number of amides is 1. The van der Waals surface area contributed by atoms with Gasteiger partial charge in [-0.1, -0.05) is 12.4 Å². The lowest BCUT2D eigenvalue weighted by atomic mass is 10.2. The molecule has 67 heavy (non-hydrogen) atoms. The third-order valence-corrected chi connectivity index (χ3v) is 8.85. The second kappa shape index (κ2) is 23.3. The number of imidazole rings is 2. The number of carbonyl (C=O) groups is 2. The van der Waals surface area contributed by atoms with Gasteiger partial charge in [-0.3, -0.25) is 29.4 Å². The average Bonchev–Trinajstić information content (AvgIpc) is 4.23. The summed E-state index contributed by atoms with van der Waals surface area (Å²) >= 11 is 0. The van der Waals surface area contributed by atoms with E-state index in [2.05, 4.69) is 51.4 Å². The van der Waals surface area contributed by atoms with Crippen LogP contribution in [-0.2, 0) is 18.0 Å². The second-order valence-electron chi connectivity index (χ2n) is 13.3. The van der Waals surface area contributed by atoms with Crippen molar-refractivity contribution < 1.29 is 37.7 Å². The molecule has 0 saturated heterocycles. The van der Waals surface area contributed by atoms with Crippen molar-refractivity contribution in [3.8, 4) is 23.0 Å². The number of oxazole rings is 2. The molecule has 0 bridgehead atoms. The lowest BCUT2D eigenvalue weighted by Gasteiger charge is -2.07. The number of aliphatic imine (C=N–C) groups is 1. The van der Waals surface area contributed by atoms with Gasteiger partial charge in [-0.15, -0.1) is 0 Å². The number of aromatic nitrogens is 9. The number of aliphatic hydroxyl groups excluding tert-OH is 1. The number of hydrogen-bond acceptors (Lipinski definition) is 17. The van der Waals surface area contributed by atoms with Crippen LogP contribution >= 0.6 is 0 Å². The molecule has 4 N–H and O–H groups in total. The maximum atomic E-state index is 12.0. The lowest BCUT2D eigenvalue weighted by molar-refractivity contribution is 0.153. The largest absolute Gasteiger partial charge is 0.495 e. The van der Waals surface area contributed by atoms with E-state index in [1.165, 1.54) is 21.8 Å². The summed E-state index contributed by atoms with van der Waals surface area (Å²) in [5.41, 5.74) is 12.5. The van der Waals surface area contributed by atoms with Crippen LogP contribution in [0.15, 0.2) is 167 Å². The molecule has 0 spiro atoms. The standard InChI is InChI=1S/C20H16N4O4.C12H8N3O.C7H6N4O.C7H9NO2.CH4/c1-26-16-6-4-15(22-11-16)12-27-20(25)23-14-5-7-18-17(9-14)24-19(28-18)13-3-2-8-21-10-13;13-9-3-4-11-10(6-9)15-12(16-11)8-2-1-5-14-7-8;12-7(10-3-1-8-5-10)11-4-2-9-6-11;1-10-7-3-2-6(5-9)8-4-7;/h2-11H,12H2,1H3,(H,23,25);1-4,6-7H,13H2;1-6H;2-4,9H,5H2,1H3;1H4/q;+1;;;. The average molecular weight is 904 g/mol. The van der Waals surface area contributed by atoms with E-state index in [1.807, 2.05) is 24.3 Å². The van der Waals surface area contributed by atoms with Gasteiger partial charge < -0.3 is 33.9 Å². The number of nitrogens with zero attached hydrogens (tertiary/aromatic N) is 10. The van der Waals surface area contributed by atoms with Gasteiger partial charge in [0, 0.05) is 48.6 Å². The zero-order chi connectivity index (χ0) is 46.1. The van der Waals surface area contributed by atoms with Crippen LogP contribution in [0.25, 0.3) is 39.2 Å². The number of nitrogens with one attached hydrogen (secondary N) is 1. The molecule has 2 aromatic carbocycles. The number of nitrogen functional groups attached to an aromatic ring is 1. The summed E-state index contributed by atoms with van der Waals surface area (Å²) in [7, 11) is 3.14. The van der Waals surface area contributed by atoms with Crippen molar-refractivity contribution in [2.75, 3.05) is 25.3 Å². The number of ether oxygens (including phenoxy) is 3. The van der Waals surface area contributed by atoms with Gasteiger partial charge >= 0.3 is 12.1 Å². The monoisotopic (exact) mass is 903 g/mol. The fourth-order valence-corrected chi connectivity index (χ4v) is 5.55. The molecule has 0 unspecified atom stereocenters. The highest BCUT2D eigenvalue weighted by Gasteiger charge is 2.15. The summed E-state index contributed by atoms with van der Waals surface area (Å²) in [4.78, 5) is 55.7. The highest BCUT2D eigenvalue weighted by Crippen LogP contribution is 2.26. The number of methoxy groups -OCH3 is 2. The van der Waals surface area contributed by atoms with Crippen molar-refractivity contribution >= 4 is 57.5 Å². The molecule has 10 rings (SSSR count). The highest BCUT2D eigenvalue weighted by atomic mass is 16.5. The summed E-state index contributed by atoms with van der Waals surface area (Å²) in [5.74, 6) is 2.35. The number of allylic oxidation sites excluding steroid dienone is 3. The Bertz CT molecular complexity index is 3000. The Balaban J connectivity index is 0.000000160. The maximum Gasteiger partial charge on any atom is 0.412 e. The Morgan fingerprint density at radius 2 is 1.43 bits per heavy atom. The second-order valence-corrected chi connectivity index (χ2v) is 13.3. The molecule has 1 amide bonds. The molecular formula is C47H43N12O8+. The molecule has 8 heterocycles. The van der Waals surface area contributed by atoms with Gasteiger partial charge in [0.15, 0.2) is 29.2 Å². The van der Waals surface area contributed by atoms with Crippen LogP contribution in [0.2, 0.25) is 0 Å². The van der Waals surface area contributed by atoms with Gasteiger partial charge in [0.05, 0.1) is 56.2 Å². The Morgan fingerprint density at radius 1 is 0.776 bits per heavy atom. The van der Waals surface area contributed by atoms with E-state index < -0.39 is 6.09 Å². The first-order chi connectivity index (χ1) is 32.3. The molecule has 338 valence electrons. The fourth-order valence-electron chi connectivity index (χ4n) is 5.55. The predicted molar refractivity (Wildman–Crippen MR) is 249 cm³/mol. The van der Waals surface area contributed by atoms with Crippen LogP contribution < -0.4 is 20.5 Å². The molecule has 20 heteroatoms. The fraction of sp³-hybridized carbons (Fsp3) is 0.106. The number of pyridine rings is 3. The van der Waals surface area contributed by atoms with E-state index in [1.54, 1.807) is 131 Å². The van der Waals surface area contributed by atoms with Crippen LogP contribution in [0.3, 0.4) is 0 Å². The first-order valence-corrected chi connectivity index (χ1v) is 19.6. The van der Waals surface area contributed by atoms with Crippen LogP contribution in [0.5, 0.6) is 11.5 Å². The van der Waals surface area contributed by atoms with Crippen molar-refractivity contribution in [2.24, 2.45) is 4.99 Å². The molecular weight excluding hydrogens is 861 g/mol. The number of carbonyl (C=O) groups excluding carboxylic acids is 2. The molecule has 0 radical (unpaired) electrons. The van der Waals surface area contributed by atoms with Crippen LogP contribution in [-0.4, -0.2) is 81.7 Å². The normalized spacial score (nSPS) is 10.9. The van der Waals surface area contributed by atoms with E-state index in [0.29, 0.717) is 57.1 Å². The number of fused-ring (bicyclic) bond motifs is 2. The van der Waals surface area contributed by atoms with Crippen LogP contribution in [0, 0.1) is 0 Å². The lowest BCUT2D eigenvalue weighted by Crippen LogP contribution is -2.15. The molecule has 7 aromatic heterocycles. The zero-order valence-electron chi connectivity index (χ0n) is 35.2. The minimum Gasteiger partial charge on any atom is -0.495 e. The topological polar surface area (TPSA) is 259 Å². The zero-order valence-corrected chi connectivity index (χ0v) is 35.2. The minimum atomic E-state index is -0.590. The Morgan fingerprint density at radius 3 is 2.01 bits per heavy atom. The van der Waals surface area contributed by atoms with Gasteiger partial charge in [-0.05, 0) is 72.8 Å². The Hall–Kier alpha value is -9.39.